The van der Waals surface area contributed by atoms with Gasteiger partial charge in [-0.3, -0.25) is 14.0 Å². The largest absolute Gasteiger partial charge is 0.480 e. The Balaban J connectivity index is 1.35. The molecule has 4 aromatic heterocycles. The minimum absolute atomic E-state index is 0.260. The maximum Gasteiger partial charge on any atom is 0.323 e. The summed E-state index contributed by atoms with van der Waals surface area (Å²) < 4.78 is 4.99. The Morgan fingerprint density at radius 3 is 2.91 bits per heavy atom. The normalized spacial score (nSPS) is 11.1. The van der Waals surface area contributed by atoms with Gasteiger partial charge in [0.25, 0.3) is 0 Å². The Hall–Kier alpha value is -4.74. The van der Waals surface area contributed by atoms with E-state index >= 15 is 0 Å². The van der Waals surface area contributed by atoms with Crippen molar-refractivity contribution < 1.29 is 9.90 Å². The molecule has 0 radical (unpaired) electrons. The second-order valence-corrected chi connectivity index (χ2v) is 7.38. The predicted molar refractivity (Wildman–Crippen MR) is 120 cm³/mol. The Bertz CT molecular complexity index is 1430. The number of hydrogen-bond acceptors (Lipinski definition) is 8. The van der Waals surface area contributed by atoms with Gasteiger partial charge in [0.2, 0.25) is 5.95 Å². The zero-order valence-electron chi connectivity index (χ0n) is 17.6. The minimum atomic E-state index is -0.992. The molecule has 12 nitrogen and oxygen atoms in total. The molecule has 0 atom stereocenters. The summed E-state index contributed by atoms with van der Waals surface area (Å²) in [5.74, 6) is -0.210. The summed E-state index contributed by atoms with van der Waals surface area (Å²) in [6.45, 7) is 0.321. The molecule has 166 valence electrons. The molecule has 5 rings (SSSR count). The zero-order chi connectivity index (χ0) is 22.8. The number of aryl methyl sites for hydroxylation is 1. The molecule has 0 fully saturated rings. The van der Waals surface area contributed by atoms with E-state index in [1.807, 2.05) is 42.4 Å². The summed E-state index contributed by atoms with van der Waals surface area (Å²) >= 11 is 0. The van der Waals surface area contributed by atoms with Crippen molar-refractivity contribution in [3.63, 3.8) is 0 Å². The second-order valence-electron chi connectivity index (χ2n) is 7.38. The smallest absolute Gasteiger partial charge is 0.323 e. The number of anilines is 2. The van der Waals surface area contributed by atoms with Crippen molar-refractivity contribution in [1.29, 1.82) is 0 Å². The predicted octanol–water partition coefficient (Wildman–Crippen LogP) is 2.00. The molecule has 0 spiro atoms. The fraction of sp³-hybridized carbons (Fsp3) is 0.143. The molecule has 4 heterocycles. The molecule has 0 unspecified atom stereocenters. The average molecular weight is 444 g/mol. The molecule has 12 heteroatoms. The van der Waals surface area contributed by atoms with E-state index in [0.29, 0.717) is 18.0 Å². The van der Waals surface area contributed by atoms with Crippen LogP contribution in [-0.4, -0.2) is 50.3 Å². The van der Waals surface area contributed by atoms with Crippen LogP contribution >= 0.6 is 0 Å². The molecule has 0 saturated heterocycles. The first kappa shape index (κ1) is 20.2. The molecular weight excluding hydrogens is 424 g/mol. The van der Waals surface area contributed by atoms with Crippen molar-refractivity contribution >= 4 is 28.8 Å². The quantitative estimate of drug-likeness (QED) is 0.328. The number of nitrogens with zero attached hydrogens (tertiary/aromatic N) is 8. The van der Waals surface area contributed by atoms with Gasteiger partial charge in [0.1, 0.15) is 25.0 Å². The molecule has 0 saturated carbocycles. The lowest BCUT2D eigenvalue weighted by molar-refractivity contribution is -0.137. The van der Waals surface area contributed by atoms with Crippen LogP contribution in [0.25, 0.3) is 22.2 Å². The molecule has 3 N–H and O–H groups in total. The maximum atomic E-state index is 11.0. The van der Waals surface area contributed by atoms with Crippen LogP contribution in [0.15, 0.2) is 61.6 Å². The van der Waals surface area contributed by atoms with E-state index in [4.69, 9.17) is 5.11 Å². The van der Waals surface area contributed by atoms with E-state index in [-0.39, 0.29) is 12.5 Å². The summed E-state index contributed by atoms with van der Waals surface area (Å²) in [6.07, 6.45) is 8.46. The Labute approximate surface area is 187 Å². The Morgan fingerprint density at radius 2 is 2.09 bits per heavy atom. The highest BCUT2D eigenvalue weighted by atomic mass is 16.4. The number of hydrogen-bond donors (Lipinski definition) is 3. The number of nitrogens with one attached hydrogen (secondary N) is 2. The van der Waals surface area contributed by atoms with Gasteiger partial charge in [-0.2, -0.15) is 5.10 Å². The number of aromatic nitrogens is 8. The maximum absolute atomic E-state index is 11.0. The van der Waals surface area contributed by atoms with Crippen molar-refractivity contribution in [2.24, 2.45) is 7.05 Å². The summed E-state index contributed by atoms with van der Waals surface area (Å²) in [6, 6.07) is 10.1. The van der Waals surface area contributed by atoms with Gasteiger partial charge in [-0.05, 0) is 23.3 Å². The molecule has 5 aromatic rings. The van der Waals surface area contributed by atoms with Crippen LogP contribution in [0.1, 0.15) is 5.56 Å². The molecule has 0 bridgehead atoms. The van der Waals surface area contributed by atoms with Gasteiger partial charge in [-0.25, -0.2) is 14.6 Å². The summed E-state index contributed by atoms with van der Waals surface area (Å²) in [5.41, 5.74) is 7.29. The second kappa shape index (κ2) is 8.42. The van der Waals surface area contributed by atoms with Gasteiger partial charge in [-0.15, -0.1) is 10.2 Å². The van der Waals surface area contributed by atoms with Gasteiger partial charge in [0.05, 0.1) is 18.1 Å². The fourth-order valence-corrected chi connectivity index (χ4v) is 3.51. The monoisotopic (exact) mass is 444 g/mol. The van der Waals surface area contributed by atoms with Crippen molar-refractivity contribution in [1.82, 2.24) is 39.2 Å². The number of rotatable bonds is 8. The van der Waals surface area contributed by atoms with Crippen LogP contribution in [0.4, 0.5) is 11.8 Å². The highest BCUT2D eigenvalue weighted by Gasteiger charge is 2.13. The number of benzene rings is 1. The van der Waals surface area contributed by atoms with E-state index in [0.717, 1.165) is 22.1 Å². The first-order chi connectivity index (χ1) is 16.1. The molecule has 33 heavy (non-hydrogen) atoms. The van der Waals surface area contributed by atoms with Crippen LogP contribution in [0, 0.1) is 0 Å². The number of carboxylic acids is 1. The number of fused-ring (bicyclic) bond motifs is 1. The number of carbonyl (C=O) groups is 1. The lowest BCUT2D eigenvalue weighted by Gasteiger charge is -2.11. The summed E-state index contributed by atoms with van der Waals surface area (Å²) in [5, 5.41) is 24.8. The molecule has 0 amide bonds. The third-order valence-corrected chi connectivity index (χ3v) is 5.05. The van der Waals surface area contributed by atoms with E-state index in [1.165, 1.54) is 17.2 Å². The third kappa shape index (κ3) is 4.21. The van der Waals surface area contributed by atoms with Crippen molar-refractivity contribution in [2.45, 2.75) is 13.1 Å². The van der Waals surface area contributed by atoms with Crippen LogP contribution in [0.3, 0.4) is 0 Å². The van der Waals surface area contributed by atoms with E-state index in [9.17, 15) is 4.79 Å². The van der Waals surface area contributed by atoms with Gasteiger partial charge >= 0.3 is 5.97 Å². The molecule has 0 aliphatic heterocycles. The molecule has 0 aliphatic rings. The molecule has 0 aliphatic carbocycles. The lowest BCUT2D eigenvalue weighted by atomic mass is 10.1. The minimum Gasteiger partial charge on any atom is -0.480 e. The Kier molecular flexibility index (Phi) is 5.15. The standard InChI is InChI=1S/C21H20N10O2/c1-29-10-16(9-25-29)15-4-2-3-14(7-15)8-26-31-6-5-17-19(22-12-23-20(17)31)27-21-28-24-13-30(21)11-18(32)33/h2-7,9-10,12-13,26H,8,11H2,1H3,(H,32,33)(H,22,23,27,28). The van der Waals surface area contributed by atoms with Gasteiger partial charge in [0, 0.05) is 25.0 Å². The highest BCUT2D eigenvalue weighted by molar-refractivity contribution is 5.88. The van der Waals surface area contributed by atoms with Gasteiger partial charge in [0.15, 0.2) is 5.65 Å². The number of aliphatic carboxylic acids is 1. The van der Waals surface area contributed by atoms with Gasteiger partial charge in [-0.1, -0.05) is 18.2 Å². The van der Waals surface area contributed by atoms with Crippen molar-refractivity contribution in [3.8, 4) is 11.1 Å². The third-order valence-electron chi connectivity index (χ3n) is 5.05. The number of carboxylic acid groups (broad SMARTS) is 1. The van der Waals surface area contributed by atoms with E-state index in [1.54, 1.807) is 4.68 Å². The summed E-state index contributed by atoms with van der Waals surface area (Å²) in [4.78, 5) is 19.7. The SMILES string of the molecule is Cn1cc(-c2cccc(CNn3ccc4c(Nc5nncn5CC(=O)O)ncnc43)c2)cn1. The van der Waals surface area contributed by atoms with Gasteiger partial charge < -0.3 is 15.8 Å². The zero-order valence-corrected chi connectivity index (χ0v) is 17.6. The first-order valence-electron chi connectivity index (χ1n) is 10.1. The van der Waals surface area contributed by atoms with Crippen LogP contribution in [0.5, 0.6) is 0 Å². The van der Waals surface area contributed by atoms with E-state index < -0.39 is 5.97 Å². The van der Waals surface area contributed by atoms with Crippen LogP contribution in [-0.2, 0) is 24.9 Å². The topological polar surface area (TPSA) is 141 Å². The fourth-order valence-electron chi connectivity index (χ4n) is 3.51. The van der Waals surface area contributed by atoms with Crippen LogP contribution < -0.4 is 10.7 Å². The first-order valence-corrected chi connectivity index (χ1v) is 10.1. The van der Waals surface area contributed by atoms with Crippen LogP contribution in [0.2, 0.25) is 0 Å². The van der Waals surface area contributed by atoms with Crippen molar-refractivity contribution in [2.75, 3.05) is 10.7 Å². The average Bonchev–Trinajstić information content (AvgIpc) is 3.53. The Morgan fingerprint density at radius 1 is 1.18 bits per heavy atom. The van der Waals surface area contributed by atoms with Crippen molar-refractivity contribution in [3.05, 3.63) is 67.1 Å². The molecular formula is C21H20N10O2. The molecule has 1 aromatic carbocycles. The summed E-state index contributed by atoms with van der Waals surface area (Å²) in [7, 11) is 1.90. The highest BCUT2D eigenvalue weighted by Crippen LogP contribution is 2.23. The lowest BCUT2D eigenvalue weighted by Crippen LogP contribution is -2.14. The van der Waals surface area contributed by atoms with E-state index in [2.05, 4.69) is 54.2 Å².